The summed E-state index contributed by atoms with van der Waals surface area (Å²) in [5, 5.41) is 13.5. The fraction of sp³-hybridized carbons (Fsp3) is 0.714. The molecule has 0 aromatic carbocycles. The van der Waals surface area contributed by atoms with Gasteiger partial charge in [-0.2, -0.15) is 26.7 Å². The summed E-state index contributed by atoms with van der Waals surface area (Å²) in [7, 11) is -4.64. The molecule has 0 aliphatic carbocycles. The third kappa shape index (κ3) is 3.33. The summed E-state index contributed by atoms with van der Waals surface area (Å²) in [5.41, 5.74) is -5.83. The van der Waals surface area contributed by atoms with E-state index in [1.54, 1.807) is 20.8 Å². The van der Waals surface area contributed by atoms with E-state index in [1.807, 2.05) is 0 Å². The van der Waals surface area contributed by atoms with Crippen LogP contribution in [0.3, 0.4) is 0 Å². The van der Waals surface area contributed by atoms with Gasteiger partial charge in [0, 0.05) is 25.1 Å². The average molecular weight is 399 g/mol. The van der Waals surface area contributed by atoms with E-state index in [9.17, 15) is 31.5 Å². The third-order valence-corrected chi connectivity index (χ3v) is 5.36. The van der Waals surface area contributed by atoms with Crippen molar-refractivity contribution in [3.63, 3.8) is 0 Å². The van der Waals surface area contributed by atoms with Crippen molar-refractivity contribution in [3.05, 3.63) is 11.3 Å². The highest BCUT2D eigenvalue weighted by Crippen LogP contribution is 2.48. The highest BCUT2D eigenvalue weighted by molar-refractivity contribution is 7.87. The number of rotatable bonds is 2. The smallest absolute Gasteiger partial charge is 0.465 e. The normalized spacial score (nSPS) is 21.5. The van der Waals surface area contributed by atoms with Gasteiger partial charge in [0.15, 0.2) is 0 Å². The Kier molecular flexibility index (Phi) is 4.72. The van der Waals surface area contributed by atoms with Crippen LogP contribution in [-0.4, -0.2) is 46.4 Å². The van der Waals surface area contributed by atoms with Crippen LogP contribution in [0.25, 0.3) is 0 Å². The van der Waals surface area contributed by atoms with E-state index in [2.05, 4.69) is 9.28 Å². The summed E-state index contributed by atoms with van der Waals surface area (Å²) in [5.74, 6) is -1.16. The predicted octanol–water partition coefficient (Wildman–Crippen LogP) is 2.83. The lowest BCUT2D eigenvalue weighted by molar-refractivity contribution is -0.0502. The first kappa shape index (κ1) is 20.3. The van der Waals surface area contributed by atoms with Crippen LogP contribution in [0.2, 0.25) is 0 Å². The van der Waals surface area contributed by atoms with Gasteiger partial charge in [-0.05, 0) is 12.3 Å². The molecule has 1 aliphatic heterocycles. The molecule has 12 heteroatoms. The molecule has 1 amide bonds. The molecule has 1 aromatic rings. The minimum absolute atomic E-state index is 0.0267. The lowest BCUT2D eigenvalue weighted by Crippen LogP contribution is -2.43. The van der Waals surface area contributed by atoms with Crippen molar-refractivity contribution in [2.75, 3.05) is 6.54 Å². The Bertz CT molecular complexity index is 826. The summed E-state index contributed by atoms with van der Waals surface area (Å²) < 4.78 is 66.4. The average Bonchev–Trinajstić information content (AvgIpc) is 2.74. The summed E-state index contributed by atoms with van der Waals surface area (Å²) >= 11 is 0. The van der Waals surface area contributed by atoms with E-state index in [0.717, 1.165) is 9.58 Å². The first-order valence-corrected chi connectivity index (χ1v) is 9.06. The van der Waals surface area contributed by atoms with Gasteiger partial charge in [0.05, 0.1) is 11.7 Å². The first-order valence-electron chi connectivity index (χ1n) is 7.65. The Morgan fingerprint density at radius 2 is 1.85 bits per heavy atom. The zero-order valence-electron chi connectivity index (χ0n) is 14.8. The van der Waals surface area contributed by atoms with Crippen LogP contribution in [-0.2, 0) is 17.2 Å². The molecule has 2 atom stereocenters. The fourth-order valence-electron chi connectivity index (χ4n) is 2.98. The predicted molar refractivity (Wildman–Crippen MR) is 84.2 cm³/mol. The Hall–Kier alpha value is -1.98. The molecular formula is C14H20F3N3O5S. The summed E-state index contributed by atoms with van der Waals surface area (Å²) in [4.78, 5) is 12.6. The second-order valence-corrected chi connectivity index (χ2v) is 8.78. The summed E-state index contributed by atoms with van der Waals surface area (Å²) in [6.45, 7) is 6.81. The van der Waals surface area contributed by atoms with Crippen LogP contribution in [0.1, 0.15) is 50.9 Å². The van der Waals surface area contributed by atoms with Gasteiger partial charge in [-0.15, -0.1) is 0 Å². The van der Waals surface area contributed by atoms with Crippen molar-refractivity contribution >= 4 is 16.2 Å². The van der Waals surface area contributed by atoms with Gasteiger partial charge in [-0.3, -0.25) is 4.90 Å². The van der Waals surface area contributed by atoms with Gasteiger partial charge >= 0.3 is 21.7 Å². The Balaban J connectivity index is 2.67. The molecule has 0 saturated carbocycles. The zero-order chi connectivity index (χ0) is 20.2. The van der Waals surface area contributed by atoms with Gasteiger partial charge in [0.1, 0.15) is 0 Å². The fourth-order valence-corrected chi connectivity index (χ4v) is 3.48. The van der Waals surface area contributed by atoms with Gasteiger partial charge in [-0.25, -0.2) is 9.48 Å². The van der Waals surface area contributed by atoms with Crippen molar-refractivity contribution in [1.29, 1.82) is 0 Å². The molecule has 0 fully saturated rings. The highest BCUT2D eigenvalue weighted by Gasteiger charge is 2.51. The molecule has 0 bridgehead atoms. The second kappa shape index (κ2) is 6.03. The van der Waals surface area contributed by atoms with E-state index in [1.165, 1.54) is 14.0 Å². The van der Waals surface area contributed by atoms with Crippen LogP contribution >= 0.6 is 0 Å². The number of carbonyl (C=O) groups is 1. The van der Waals surface area contributed by atoms with Crippen molar-refractivity contribution < 1.29 is 35.7 Å². The molecule has 2 rings (SSSR count). The lowest BCUT2D eigenvalue weighted by atomic mass is 9.73. The zero-order valence-corrected chi connectivity index (χ0v) is 15.6. The van der Waals surface area contributed by atoms with Crippen molar-refractivity contribution in [1.82, 2.24) is 14.7 Å². The molecule has 0 spiro atoms. The number of aromatic nitrogens is 2. The molecule has 1 aromatic heterocycles. The summed E-state index contributed by atoms with van der Waals surface area (Å²) in [6, 6.07) is -0.766. The lowest BCUT2D eigenvalue weighted by Gasteiger charge is -2.41. The van der Waals surface area contributed by atoms with Crippen LogP contribution in [0.4, 0.5) is 18.0 Å². The van der Waals surface area contributed by atoms with Crippen molar-refractivity contribution in [2.45, 2.75) is 45.2 Å². The molecule has 26 heavy (non-hydrogen) atoms. The molecule has 0 radical (unpaired) electrons. The number of nitrogens with zero attached hydrogens (tertiary/aromatic N) is 3. The van der Waals surface area contributed by atoms with Gasteiger partial charge < -0.3 is 9.29 Å². The van der Waals surface area contributed by atoms with Crippen LogP contribution in [0.15, 0.2) is 0 Å². The van der Waals surface area contributed by atoms with Crippen molar-refractivity contribution in [2.24, 2.45) is 12.5 Å². The Labute approximate surface area is 148 Å². The first-order chi connectivity index (χ1) is 11.6. The number of amides is 1. The highest BCUT2D eigenvalue weighted by atomic mass is 32.2. The van der Waals surface area contributed by atoms with Crippen LogP contribution in [0.5, 0.6) is 5.88 Å². The van der Waals surface area contributed by atoms with E-state index in [0.29, 0.717) is 0 Å². The van der Waals surface area contributed by atoms with Crippen molar-refractivity contribution in [3.8, 4) is 5.88 Å². The minimum atomic E-state index is -5.88. The quantitative estimate of drug-likeness (QED) is 0.606. The maximum absolute atomic E-state index is 12.7. The topological polar surface area (TPSA) is 102 Å². The number of hydrogen-bond donors (Lipinski definition) is 1. The van der Waals surface area contributed by atoms with E-state index in [-0.39, 0.29) is 17.8 Å². The number of fused-ring (bicyclic) bond motifs is 1. The number of alkyl halides is 3. The second-order valence-electron chi connectivity index (χ2n) is 7.24. The maximum atomic E-state index is 12.7. The van der Waals surface area contributed by atoms with Gasteiger partial charge in [0.2, 0.25) is 5.88 Å². The summed E-state index contributed by atoms with van der Waals surface area (Å²) in [6.07, 6.45) is -1.20. The van der Waals surface area contributed by atoms with E-state index >= 15 is 0 Å². The van der Waals surface area contributed by atoms with Gasteiger partial charge in [-0.1, -0.05) is 20.8 Å². The standard InChI is InChI=1S/C14H20F3N3O5S/c1-7-10-9(8(13(2,3)4)6-20(7)12(21)22)11(19(5)18-10)25-26(23,24)14(15,16)17/h7-8H,6H2,1-5H3,(H,21,22). The van der Waals surface area contributed by atoms with E-state index < -0.39 is 45.0 Å². The number of hydrogen-bond acceptors (Lipinski definition) is 5. The molecule has 1 N–H and O–H groups in total. The minimum Gasteiger partial charge on any atom is -0.465 e. The molecule has 2 unspecified atom stereocenters. The van der Waals surface area contributed by atoms with E-state index in [4.69, 9.17) is 0 Å². The Morgan fingerprint density at radius 3 is 2.27 bits per heavy atom. The van der Waals surface area contributed by atoms with Gasteiger partial charge in [0.25, 0.3) is 0 Å². The van der Waals surface area contributed by atoms with Crippen LogP contribution < -0.4 is 4.18 Å². The third-order valence-electron chi connectivity index (χ3n) is 4.41. The number of halogens is 3. The molecular weight excluding hydrogens is 379 g/mol. The SMILES string of the molecule is CC1c2nn(C)c(OS(=O)(=O)C(F)(F)F)c2C(C(C)(C)C)CN1C(=O)O. The molecule has 148 valence electrons. The maximum Gasteiger partial charge on any atom is 0.534 e. The molecule has 0 saturated heterocycles. The Morgan fingerprint density at radius 1 is 1.31 bits per heavy atom. The molecule has 8 nitrogen and oxygen atoms in total. The molecule has 1 aliphatic rings. The molecule has 2 heterocycles. The van der Waals surface area contributed by atoms with Crippen LogP contribution in [0, 0.1) is 5.41 Å². The monoisotopic (exact) mass is 399 g/mol. The number of carboxylic acid groups (broad SMARTS) is 1. The largest absolute Gasteiger partial charge is 0.534 e. The number of aryl methyl sites for hydroxylation is 1.